The Bertz CT molecular complexity index is 3090. The van der Waals surface area contributed by atoms with Gasteiger partial charge in [-0.25, -0.2) is 14.3 Å². The van der Waals surface area contributed by atoms with Crippen LogP contribution in [0.2, 0.25) is 0 Å². The van der Waals surface area contributed by atoms with Crippen molar-refractivity contribution in [2.75, 3.05) is 41.1 Å². The Morgan fingerprint density at radius 2 is 0.935 bits per heavy atom. The van der Waals surface area contributed by atoms with Gasteiger partial charge in [0.05, 0.1) is 45.0 Å². The topological polar surface area (TPSA) is 297 Å². The molecule has 4 aliphatic rings. The maximum atomic E-state index is 13.1. The Kier molecular flexibility index (Phi) is 24.5. The second kappa shape index (κ2) is 31.4. The van der Waals surface area contributed by atoms with Crippen molar-refractivity contribution < 1.29 is 95.2 Å². The molecule has 4 heterocycles. The van der Waals surface area contributed by atoms with Crippen molar-refractivity contribution in [1.29, 1.82) is 0 Å². The molecule has 0 saturated carbocycles. The van der Waals surface area contributed by atoms with Crippen LogP contribution >= 0.6 is 0 Å². The summed E-state index contributed by atoms with van der Waals surface area (Å²) in [6.45, 7) is 21.4. The van der Waals surface area contributed by atoms with Crippen LogP contribution in [0.3, 0.4) is 0 Å². The molecule has 0 amide bonds. The van der Waals surface area contributed by atoms with Gasteiger partial charge in [0, 0.05) is 73.4 Å². The second-order valence-corrected chi connectivity index (χ2v) is 25.8. The molecule has 2 aromatic carbocycles. The first-order chi connectivity index (χ1) is 43.5. The number of nitrogens with zero attached hydrogens (tertiary/aromatic N) is 5. The molecule has 1 aliphatic carbocycles. The Balaban J connectivity index is 1.000. The third-order valence-corrected chi connectivity index (χ3v) is 16.7. The summed E-state index contributed by atoms with van der Waals surface area (Å²) < 4.78 is 69.2. The van der Waals surface area contributed by atoms with Crippen LogP contribution < -0.4 is 5.53 Å². The Morgan fingerprint density at radius 1 is 0.533 bits per heavy atom. The van der Waals surface area contributed by atoms with E-state index in [0.717, 1.165) is 113 Å². The summed E-state index contributed by atoms with van der Waals surface area (Å²) in [7, 11) is 4.01. The number of carbonyl (C=O) groups is 8. The number of hydrogen-bond acceptors (Lipinski definition) is 25. The molecule has 92 heavy (non-hydrogen) atoms. The van der Waals surface area contributed by atoms with Crippen LogP contribution in [-0.2, 0) is 118 Å². The van der Waals surface area contributed by atoms with E-state index < -0.39 is 109 Å². The molecule has 0 spiro atoms. The predicted molar refractivity (Wildman–Crippen MR) is 327 cm³/mol. The Hall–Kier alpha value is -7.52. The lowest BCUT2D eigenvalue weighted by Gasteiger charge is -2.45. The highest BCUT2D eigenvalue weighted by molar-refractivity contribution is 5.82. The van der Waals surface area contributed by atoms with Crippen LogP contribution in [0.5, 0.6) is 0 Å². The van der Waals surface area contributed by atoms with E-state index in [0.29, 0.717) is 24.6 Å². The molecule has 7 rings (SSSR count). The molecular weight excluding hydrogens is 1200 g/mol. The molecule has 0 bridgehead atoms. The molecular formula is C66H92N6O20. The van der Waals surface area contributed by atoms with E-state index >= 15 is 0 Å². The van der Waals surface area contributed by atoms with Crippen molar-refractivity contribution in [3.8, 4) is 11.1 Å². The van der Waals surface area contributed by atoms with Crippen LogP contribution in [0.15, 0.2) is 54.5 Å². The molecule has 2 saturated heterocycles. The highest BCUT2D eigenvalue weighted by atomic mass is 16.7. The van der Waals surface area contributed by atoms with Gasteiger partial charge in [0.2, 0.25) is 0 Å². The number of hydrazine groups is 2. The molecule has 1 aromatic heterocycles. The zero-order chi connectivity index (χ0) is 67.4. The average Bonchev–Trinajstić information content (AvgIpc) is 1.55. The summed E-state index contributed by atoms with van der Waals surface area (Å²) in [5.41, 5.74) is 11.7. The van der Waals surface area contributed by atoms with E-state index in [2.05, 4.69) is 93.8 Å². The van der Waals surface area contributed by atoms with E-state index in [1.165, 1.54) is 56.2 Å². The minimum Gasteiger partial charge on any atom is -0.467 e. The fraction of sp³-hybridized carbons (Fsp3) is 0.636. The zero-order valence-corrected chi connectivity index (χ0v) is 55.7. The van der Waals surface area contributed by atoms with Crippen LogP contribution in [0.1, 0.15) is 181 Å². The van der Waals surface area contributed by atoms with E-state index in [1.807, 2.05) is 0 Å². The van der Waals surface area contributed by atoms with Gasteiger partial charge >= 0.3 is 47.8 Å². The third kappa shape index (κ3) is 17.6. The van der Waals surface area contributed by atoms with Crippen molar-refractivity contribution in [3.63, 3.8) is 0 Å². The fourth-order valence-corrected chi connectivity index (χ4v) is 12.4. The van der Waals surface area contributed by atoms with Gasteiger partial charge in [0.25, 0.3) is 0 Å². The molecule has 10 atom stereocenters. The number of carbonyl (C=O) groups excluding carboxylic acids is 8. The number of nitrogens with one attached hydrogen (secondary N) is 1. The fourth-order valence-electron chi connectivity index (χ4n) is 12.4. The lowest BCUT2D eigenvalue weighted by Crippen LogP contribution is -2.67. The van der Waals surface area contributed by atoms with Crippen molar-refractivity contribution in [3.05, 3.63) is 82.4 Å². The van der Waals surface area contributed by atoms with Gasteiger partial charge in [-0.05, 0) is 69.9 Å². The highest BCUT2D eigenvalue weighted by Gasteiger charge is 2.58. The molecule has 506 valence electrons. The van der Waals surface area contributed by atoms with Crippen LogP contribution in [0.25, 0.3) is 11.1 Å². The van der Waals surface area contributed by atoms with Gasteiger partial charge in [0.15, 0.2) is 61.3 Å². The molecule has 1 N–H and O–H groups in total. The molecule has 10 unspecified atom stereocenters. The van der Waals surface area contributed by atoms with Gasteiger partial charge in [-0.1, -0.05) is 122 Å². The number of hydrogen-bond donors (Lipinski definition) is 1. The number of ether oxygens (including phenoxy) is 12. The van der Waals surface area contributed by atoms with E-state index in [-0.39, 0.29) is 29.5 Å². The first-order valence-electron chi connectivity index (χ1n) is 31.3. The second-order valence-electron chi connectivity index (χ2n) is 25.8. The van der Waals surface area contributed by atoms with Crippen molar-refractivity contribution in [1.82, 2.24) is 30.5 Å². The SMILES string of the molecule is COC(=O)C1OC(N2C=C(COCCCCCCC3(CCCCCCOCc4cnnn4C4OC(C(=O)OC)C(OC(C)=O)C(OC(C)=O)C4OC(C)=O)c4cc(C(C)(C)C)ccc4-c4ccc(C(C)(C)C)cc43)N(C)N2)C(OC(C)=O)C(OC(C)=O)C1OC(C)=O. The Morgan fingerprint density at radius 3 is 1.37 bits per heavy atom. The van der Waals surface area contributed by atoms with Crippen LogP contribution in [0.4, 0.5) is 0 Å². The van der Waals surface area contributed by atoms with Gasteiger partial charge in [0.1, 0.15) is 0 Å². The summed E-state index contributed by atoms with van der Waals surface area (Å²) in [5.74, 6) is -6.52. The summed E-state index contributed by atoms with van der Waals surface area (Å²) >= 11 is 0. The van der Waals surface area contributed by atoms with Crippen LogP contribution in [-0.4, -0.2) is 169 Å². The number of benzene rings is 2. The van der Waals surface area contributed by atoms with E-state index in [4.69, 9.17) is 56.8 Å². The van der Waals surface area contributed by atoms with Gasteiger partial charge in [-0.2, -0.15) is 0 Å². The summed E-state index contributed by atoms with van der Waals surface area (Å²) in [6.07, 6.45) is -2.37. The first kappa shape index (κ1) is 71.9. The third-order valence-electron chi connectivity index (χ3n) is 16.7. The molecule has 0 radical (unpaired) electrons. The van der Waals surface area contributed by atoms with Crippen molar-refractivity contribution >= 4 is 47.8 Å². The van der Waals surface area contributed by atoms with Gasteiger partial charge in [-0.3, -0.25) is 38.8 Å². The van der Waals surface area contributed by atoms with Gasteiger partial charge in [-0.15, -0.1) is 10.6 Å². The molecule has 26 heteroatoms. The van der Waals surface area contributed by atoms with Crippen molar-refractivity contribution in [2.45, 2.75) is 231 Å². The standard InChI is InChI=1S/C66H92N6O20/c1-38(73)85-52-54(87-40(3)75)58(62(79)81-14)91-60(56(52)89-42(5)77)71-35-47(70(13)69-71)37-84-31-23-19-17-21-29-66(50-32-44(64(7,8)9)24-26-48(50)49-27-25-45(33-51(49)66)65(10,11)12)28-20-16-18-22-30-83-36-46-34-67-68-72(46)61-57(90-43(6)78)53(86-39(2)74)55(88-41(4)76)59(92-61)63(80)82-15/h24-27,32-35,52-61,69H,16-23,28-31,36-37H2,1-15H3. The average molecular weight is 1290 g/mol. The minimum absolute atomic E-state index is 0.0108. The largest absolute Gasteiger partial charge is 0.467 e. The monoisotopic (exact) mass is 1290 g/mol. The van der Waals surface area contributed by atoms with Gasteiger partial charge < -0.3 is 56.8 Å². The summed E-state index contributed by atoms with van der Waals surface area (Å²) in [4.78, 5) is 100. The zero-order valence-electron chi connectivity index (χ0n) is 55.7. The maximum Gasteiger partial charge on any atom is 0.339 e. The Labute approximate surface area is 537 Å². The lowest BCUT2D eigenvalue weighted by molar-refractivity contribution is -0.274. The van der Waals surface area contributed by atoms with E-state index in [1.54, 1.807) is 18.3 Å². The number of aromatic nitrogens is 3. The minimum atomic E-state index is -1.60. The highest BCUT2D eigenvalue weighted by Crippen LogP contribution is 2.56. The summed E-state index contributed by atoms with van der Waals surface area (Å²) in [5, 5.41) is 11.4. The quantitative estimate of drug-likeness (QED) is 0.0422. The number of methoxy groups -OCH3 is 2. The lowest BCUT2D eigenvalue weighted by atomic mass is 9.69. The molecule has 2 fully saturated rings. The normalized spacial score (nSPS) is 23.3. The first-order valence-corrected chi connectivity index (χ1v) is 31.3. The number of rotatable bonds is 28. The summed E-state index contributed by atoms with van der Waals surface area (Å²) in [6, 6.07) is 14.1. The maximum absolute atomic E-state index is 13.1. The van der Waals surface area contributed by atoms with Crippen LogP contribution in [0, 0.1) is 0 Å². The molecule has 3 aliphatic heterocycles. The number of fused-ring (bicyclic) bond motifs is 3. The van der Waals surface area contributed by atoms with Crippen molar-refractivity contribution in [2.24, 2.45) is 0 Å². The number of unbranched alkanes of at least 4 members (excludes halogenated alkanes) is 6. The predicted octanol–water partition coefficient (Wildman–Crippen LogP) is 7.34. The van der Waals surface area contributed by atoms with E-state index in [9.17, 15) is 38.4 Å². The number of esters is 8. The molecule has 26 nitrogen and oxygen atoms in total. The number of likely N-dealkylation sites (N-methyl/N-ethyl adjacent to an activating group) is 1. The smallest absolute Gasteiger partial charge is 0.339 e. The molecule has 3 aromatic rings.